The molecule has 1 saturated heterocycles. The molecule has 0 spiro atoms. The van der Waals surface area contributed by atoms with E-state index in [4.69, 9.17) is 0 Å². The first-order valence-corrected chi connectivity index (χ1v) is 8.45. The fourth-order valence-electron chi connectivity index (χ4n) is 3.40. The van der Waals surface area contributed by atoms with Crippen molar-refractivity contribution >= 4 is 21.8 Å². The lowest BCUT2D eigenvalue weighted by atomic mass is 9.86. The monoisotopic (exact) mass is 338 g/mol. The lowest BCUT2D eigenvalue weighted by Gasteiger charge is -2.41. The standard InChI is InChI=1S/C16H23BrN2O/c1-10-6-11(2)12(3)18(8-10)16(20)15-7-13(17)9-19(15)14-4-5-14/h7,9-12,14H,4-6,8H2,1-3H3. The molecule has 2 aliphatic rings. The van der Waals surface area contributed by atoms with Crippen molar-refractivity contribution in [3.05, 3.63) is 22.4 Å². The highest BCUT2D eigenvalue weighted by Crippen LogP contribution is 2.38. The summed E-state index contributed by atoms with van der Waals surface area (Å²) in [5, 5.41) is 0. The van der Waals surface area contributed by atoms with Gasteiger partial charge in [0.2, 0.25) is 0 Å². The normalized spacial score (nSPS) is 30.6. The summed E-state index contributed by atoms with van der Waals surface area (Å²) in [6, 6.07) is 2.85. The maximum atomic E-state index is 13.0. The topological polar surface area (TPSA) is 25.2 Å². The van der Waals surface area contributed by atoms with Crippen molar-refractivity contribution in [2.24, 2.45) is 11.8 Å². The molecule has 3 nitrogen and oxygen atoms in total. The fraction of sp³-hybridized carbons (Fsp3) is 0.688. The molecule has 3 unspecified atom stereocenters. The van der Waals surface area contributed by atoms with Crippen LogP contribution < -0.4 is 0 Å². The van der Waals surface area contributed by atoms with Crippen molar-refractivity contribution in [3.63, 3.8) is 0 Å². The zero-order valence-corrected chi connectivity index (χ0v) is 14.1. The maximum Gasteiger partial charge on any atom is 0.270 e. The molecule has 1 amide bonds. The number of aromatic nitrogens is 1. The molecule has 0 bridgehead atoms. The van der Waals surface area contributed by atoms with Gasteiger partial charge in [0, 0.05) is 29.3 Å². The van der Waals surface area contributed by atoms with Gasteiger partial charge in [-0.05, 0) is 60.0 Å². The molecule has 20 heavy (non-hydrogen) atoms. The third-order valence-electron chi connectivity index (χ3n) is 4.83. The molecule has 0 aromatic carbocycles. The average Bonchev–Trinajstić information content (AvgIpc) is 3.16. The van der Waals surface area contributed by atoms with E-state index in [-0.39, 0.29) is 5.91 Å². The Bertz CT molecular complexity index is 521. The van der Waals surface area contributed by atoms with E-state index < -0.39 is 0 Å². The largest absolute Gasteiger partial charge is 0.339 e. The van der Waals surface area contributed by atoms with Gasteiger partial charge in [-0.1, -0.05) is 13.8 Å². The second-order valence-corrected chi connectivity index (χ2v) is 7.61. The molecule has 2 heterocycles. The van der Waals surface area contributed by atoms with Crippen LogP contribution in [0.3, 0.4) is 0 Å². The van der Waals surface area contributed by atoms with E-state index in [0.29, 0.717) is 23.9 Å². The number of carbonyl (C=O) groups excluding carboxylic acids is 1. The van der Waals surface area contributed by atoms with Gasteiger partial charge in [-0.15, -0.1) is 0 Å². The van der Waals surface area contributed by atoms with Crippen LogP contribution in [-0.4, -0.2) is 28.0 Å². The predicted octanol–water partition coefficient (Wildman–Crippen LogP) is 4.09. The molecule has 2 fully saturated rings. The fourth-order valence-corrected chi connectivity index (χ4v) is 3.84. The van der Waals surface area contributed by atoms with Gasteiger partial charge in [-0.25, -0.2) is 0 Å². The van der Waals surface area contributed by atoms with Crippen molar-refractivity contribution in [2.75, 3.05) is 6.54 Å². The molecule has 1 aliphatic heterocycles. The van der Waals surface area contributed by atoms with Crippen LogP contribution in [0.5, 0.6) is 0 Å². The maximum absolute atomic E-state index is 13.0. The Balaban J connectivity index is 1.88. The SMILES string of the molecule is CC1CC(C)C(C)N(C(=O)c2cc(Br)cn2C2CC2)C1. The first-order chi connectivity index (χ1) is 9.47. The van der Waals surface area contributed by atoms with E-state index in [0.717, 1.165) is 16.7 Å². The molecule has 0 N–H and O–H groups in total. The third-order valence-corrected chi connectivity index (χ3v) is 5.27. The Labute approximate surface area is 129 Å². The van der Waals surface area contributed by atoms with Crippen LogP contribution in [0.1, 0.15) is 56.6 Å². The minimum Gasteiger partial charge on any atom is -0.339 e. The molecule has 1 aromatic heterocycles. The van der Waals surface area contributed by atoms with Crippen LogP contribution >= 0.6 is 15.9 Å². The molecule has 1 aliphatic carbocycles. The summed E-state index contributed by atoms with van der Waals surface area (Å²) in [6.07, 6.45) is 5.68. The number of nitrogens with zero attached hydrogens (tertiary/aromatic N) is 2. The van der Waals surface area contributed by atoms with Crippen molar-refractivity contribution in [1.29, 1.82) is 0 Å². The smallest absolute Gasteiger partial charge is 0.270 e. The van der Waals surface area contributed by atoms with Gasteiger partial charge in [0.25, 0.3) is 5.91 Å². The van der Waals surface area contributed by atoms with Crippen LogP contribution in [0.25, 0.3) is 0 Å². The number of hydrogen-bond donors (Lipinski definition) is 0. The van der Waals surface area contributed by atoms with E-state index >= 15 is 0 Å². The Hall–Kier alpha value is -0.770. The van der Waals surface area contributed by atoms with Gasteiger partial charge in [0.15, 0.2) is 0 Å². The van der Waals surface area contributed by atoms with Gasteiger partial charge in [0.1, 0.15) is 5.69 Å². The molecule has 4 heteroatoms. The van der Waals surface area contributed by atoms with Gasteiger partial charge in [-0.3, -0.25) is 4.79 Å². The molecule has 1 aromatic rings. The lowest BCUT2D eigenvalue weighted by Crippen LogP contribution is -2.49. The van der Waals surface area contributed by atoms with Crippen molar-refractivity contribution in [1.82, 2.24) is 9.47 Å². The van der Waals surface area contributed by atoms with Gasteiger partial charge >= 0.3 is 0 Å². The zero-order chi connectivity index (χ0) is 14.4. The number of hydrogen-bond acceptors (Lipinski definition) is 1. The van der Waals surface area contributed by atoms with E-state index in [1.807, 2.05) is 6.07 Å². The summed E-state index contributed by atoms with van der Waals surface area (Å²) < 4.78 is 3.18. The highest BCUT2D eigenvalue weighted by molar-refractivity contribution is 9.10. The second kappa shape index (κ2) is 5.21. The number of likely N-dealkylation sites (tertiary alicyclic amines) is 1. The number of carbonyl (C=O) groups is 1. The summed E-state index contributed by atoms with van der Waals surface area (Å²) in [4.78, 5) is 15.0. The molecule has 3 atom stereocenters. The van der Waals surface area contributed by atoms with Gasteiger partial charge in [0.05, 0.1) is 0 Å². The number of piperidine rings is 1. The number of amides is 1. The number of rotatable bonds is 2. The van der Waals surface area contributed by atoms with Gasteiger partial charge in [-0.2, -0.15) is 0 Å². The Kier molecular flexibility index (Phi) is 3.69. The first-order valence-electron chi connectivity index (χ1n) is 7.65. The van der Waals surface area contributed by atoms with Crippen LogP contribution in [0, 0.1) is 11.8 Å². The molecular weight excluding hydrogens is 316 g/mol. The summed E-state index contributed by atoms with van der Waals surface area (Å²) >= 11 is 3.52. The van der Waals surface area contributed by atoms with Crippen LogP contribution in [-0.2, 0) is 0 Å². The highest BCUT2D eigenvalue weighted by Gasteiger charge is 2.35. The average molecular weight is 339 g/mol. The van der Waals surface area contributed by atoms with Crippen molar-refractivity contribution in [3.8, 4) is 0 Å². The molecule has 110 valence electrons. The predicted molar refractivity (Wildman–Crippen MR) is 83.8 cm³/mol. The van der Waals surface area contributed by atoms with E-state index in [9.17, 15) is 4.79 Å². The van der Waals surface area contributed by atoms with E-state index in [1.165, 1.54) is 19.3 Å². The summed E-state index contributed by atoms with van der Waals surface area (Å²) in [5.41, 5.74) is 0.854. The molecule has 3 rings (SSSR count). The zero-order valence-electron chi connectivity index (χ0n) is 12.5. The van der Waals surface area contributed by atoms with Crippen molar-refractivity contribution in [2.45, 2.75) is 52.1 Å². The summed E-state index contributed by atoms with van der Waals surface area (Å²) in [6.45, 7) is 7.58. The van der Waals surface area contributed by atoms with Crippen LogP contribution in [0.4, 0.5) is 0 Å². The van der Waals surface area contributed by atoms with E-state index in [2.05, 4.69) is 52.4 Å². The number of halogens is 1. The highest BCUT2D eigenvalue weighted by atomic mass is 79.9. The summed E-state index contributed by atoms with van der Waals surface area (Å²) in [7, 11) is 0. The van der Waals surface area contributed by atoms with Crippen molar-refractivity contribution < 1.29 is 4.79 Å². The Morgan fingerprint density at radius 2 is 2.00 bits per heavy atom. The molecular formula is C16H23BrN2O. The van der Waals surface area contributed by atoms with E-state index in [1.54, 1.807) is 0 Å². The first kappa shape index (κ1) is 14.2. The van der Waals surface area contributed by atoms with Crippen LogP contribution in [0.15, 0.2) is 16.7 Å². The Morgan fingerprint density at radius 3 is 2.65 bits per heavy atom. The minimum atomic E-state index is 0.202. The molecule has 0 radical (unpaired) electrons. The quantitative estimate of drug-likeness (QED) is 0.797. The lowest BCUT2D eigenvalue weighted by molar-refractivity contribution is 0.0445. The van der Waals surface area contributed by atoms with Crippen LogP contribution in [0.2, 0.25) is 0 Å². The minimum absolute atomic E-state index is 0.202. The Morgan fingerprint density at radius 1 is 1.30 bits per heavy atom. The molecule has 1 saturated carbocycles. The third kappa shape index (κ3) is 2.54. The second-order valence-electron chi connectivity index (χ2n) is 6.70. The van der Waals surface area contributed by atoms with Gasteiger partial charge < -0.3 is 9.47 Å². The summed E-state index contributed by atoms with van der Waals surface area (Å²) in [5.74, 6) is 1.38.